The van der Waals surface area contributed by atoms with Crippen LogP contribution in [0, 0.1) is 6.92 Å². The van der Waals surface area contributed by atoms with Crippen molar-refractivity contribution in [2.75, 3.05) is 13.2 Å². The Kier molecular flexibility index (Phi) is 6.74. The molecule has 3 rings (SSSR count). The number of nitrogens with one attached hydrogen (secondary N) is 2. The van der Waals surface area contributed by atoms with Crippen molar-refractivity contribution in [3.63, 3.8) is 0 Å². The summed E-state index contributed by atoms with van der Waals surface area (Å²) in [6.07, 6.45) is 0. The first kappa shape index (κ1) is 22.1. The zero-order valence-electron chi connectivity index (χ0n) is 17.9. The van der Waals surface area contributed by atoms with Crippen molar-refractivity contribution in [2.45, 2.75) is 39.7 Å². The van der Waals surface area contributed by atoms with Crippen LogP contribution in [0.15, 0.2) is 46.1 Å². The van der Waals surface area contributed by atoms with Crippen LogP contribution in [0.1, 0.15) is 60.1 Å². The molecule has 0 unspecified atom stereocenters. The van der Waals surface area contributed by atoms with Gasteiger partial charge in [-0.25, -0.2) is 14.4 Å². The lowest BCUT2D eigenvalue weighted by atomic mass is 9.95. The molecule has 0 aliphatic carbocycles. The first-order valence-electron chi connectivity index (χ1n) is 9.99. The molecule has 2 aromatic rings. The Balaban J connectivity index is 1.93. The monoisotopic (exact) mass is 427 g/mol. The molecule has 1 atom stereocenters. The van der Waals surface area contributed by atoms with Gasteiger partial charge in [-0.05, 0) is 19.4 Å². The Morgan fingerprint density at radius 2 is 1.87 bits per heavy atom. The third-order valence-electron chi connectivity index (χ3n) is 4.75. The summed E-state index contributed by atoms with van der Waals surface area (Å²) >= 11 is 0. The predicted octanol–water partition coefficient (Wildman–Crippen LogP) is 3.13. The Bertz CT molecular complexity index is 1010. The number of carbonyl (C=O) groups is 3. The summed E-state index contributed by atoms with van der Waals surface area (Å²) in [5.41, 5.74) is 1.68. The molecule has 0 saturated carbocycles. The molecule has 0 fully saturated rings. The molecule has 2 amide bonds. The maximum absolute atomic E-state index is 12.7. The van der Waals surface area contributed by atoms with Gasteiger partial charge in [-0.15, -0.1) is 0 Å². The second-order valence-electron chi connectivity index (χ2n) is 7.29. The van der Waals surface area contributed by atoms with Crippen LogP contribution in [0.25, 0.3) is 0 Å². The Morgan fingerprint density at radius 3 is 2.52 bits per heavy atom. The molecule has 2 N–H and O–H groups in total. The molecule has 1 aliphatic heterocycles. The normalized spacial score (nSPS) is 16.0. The van der Waals surface area contributed by atoms with E-state index in [0.29, 0.717) is 17.0 Å². The van der Waals surface area contributed by atoms with Crippen molar-refractivity contribution in [3.05, 3.63) is 64.2 Å². The van der Waals surface area contributed by atoms with Gasteiger partial charge in [0.1, 0.15) is 12.2 Å². The third kappa shape index (κ3) is 4.76. The highest BCUT2D eigenvalue weighted by molar-refractivity contribution is 5.96. The molecule has 0 saturated heterocycles. The van der Waals surface area contributed by atoms with E-state index < -0.39 is 24.0 Å². The largest absolute Gasteiger partial charge is 0.463 e. The van der Waals surface area contributed by atoms with E-state index >= 15 is 0 Å². The smallest absolute Gasteiger partial charge is 0.344 e. The highest BCUT2D eigenvalue weighted by atomic mass is 16.5. The molecule has 0 radical (unpaired) electrons. The molecule has 9 heteroatoms. The first-order chi connectivity index (χ1) is 14.8. The van der Waals surface area contributed by atoms with Crippen molar-refractivity contribution < 1.29 is 28.4 Å². The van der Waals surface area contributed by atoms with Gasteiger partial charge in [-0.2, -0.15) is 0 Å². The topological polar surface area (TPSA) is 120 Å². The van der Waals surface area contributed by atoms with Gasteiger partial charge in [0, 0.05) is 5.92 Å². The lowest BCUT2D eigenvalue weighted by molar-refractivity contribution is -0.139. The van der Waals surface area contributed by atoms with Crippen LogP contribution in [0.2, 0.25) is 0 Å². The van der Waals surface area contributed by atoms with Crippen LogP contribution >= 0.6 is 0 Å². The number of hydrogen-bond acceptors (Lipinski definition) is 7. The highest BCUT2D eigenvalue weighted by Crippen LogP contribution is 2.28. The van der Waals surface area contributed by atoms with E-state index in [-0.39, 0.29) is 36.0 Å². The molecular weight excluding hydrogens is 402 g/mol. The molecule has 9 nitrogen and oxygen atoms in total. The minimum absolute atomic E-state index is 0.0703. The Labute approximate surface area is 179 Å². The molecule has 0 spiro atoms. The van der Waals surface area contributed by atoms with E-state index in [0.717, 1.165) is 0 Å². The summed E-state index contributed by atoms with van der Waals surface area (Å²) in [5, 5.41) is 9.14. The quantitative estimate of drug-likeness (QED) is 0.651. The number of aromatic nitrogens is 1. The van der Waals surface area contributed by atoms with Crippen LogP contribution in [-0.2, 0) is 14.3 Å². The third-order valence-corrected chi connectivity index (χ3v) is 4.75. The molecule has 2 heterocycles. The molecule has 31 heavy (non-hydrogen) atoms. The number of urea groups is 1. The lowest BCUT2D eigenvalue weighted by Gasteiger charge is -2.29. The fourth-order valence-corrected chi connectivity index (χ4v) is 3.32. The van der Waals surface area contributed by atoms with E-state index in [1.54, 1.807) is 38.1 Å². The summed E-state index contributed by atoms with van der Waals surface area (Å²) in [5.74, 6) is -0.918. The molecule has 0 bridgehead atoms. The zero-order chi connectivity index (χ0) is 22.5. The number of ether oxygens (including phenoxy) is 2. The van der Waals surface area contributed by atoms with E-state index in [2.05, 4.69) is 15.8 Å². The lowest BCUT2D eigenvalue weighted by Crippen LogP contribution is -2.47. The molecule has 1 aromatic carbocycles. The SMILES string of the molecule is CCOC(=O)C1=C(COC(=O)c2c(C)noc2C(C)C)NC(=O)N[C@@H]1c1ccccc1. The number of hydrogen-bond donors (Lipinski definition) is 2. The van der Waals surface area contributed by atoms with Gasteiger partial charge in [-0.3, -0.25) is 0 Å². The maximum atomic E-state index is 12.7. The van der Waals surface area contributed by atoms with E-state index in [1.807, 2.05) is 19.9 Å². The van der Waals surface area contributed by atoms with Crippen LogP contribution in [0.3, 0.4) is 0 Å². The number of amides is 2. The van der Waals surface area contributed by atoms with Crippen molar-refractivity contribution in [3.8, 4) is 0 Å². The highest BCUT2D eigenvalue weighted by Gasteiger charge is 2.34. The number of nitrogens with zero attached hydrogens (tertiary/aromatic N) is 1. The molecule has 1 aromatic heterocycles. The van der Waals surface area contributed by atoms with Crippen molar-refractivity contribution in [1.82, 2.24) is 15.8 Å². The van der Waals surface area contributed by atoms with E-state index in [4.69, 9.17) is 14.0 Å². The van der Waals surface area contributed by atoms with Crippen molar-refractivity contribution in [1.29, 1.82) is 0 Å². The second kappa shape index (κ2) is 9.46. The summed E-state index contributed by atoms with van der Waals surface area (Å²) in [6.45, 7) is 6.90. The number of rotatable bonds is 7. The van der Waals surface area contributed by atoms with Crippen LogP contribution in [-0.4, -0.2) is 36.3 Å². The average molecular weight is 427 g/mol. The minimum atomic E-state index is -0.744. The number of aryl methyl sites for hydroxylation is 1. The molecule has 164 valence electrons. The maximum Gasteiger partial charge on any atom is 0.344 e. The molecular formula is C22H25N3O6. The minimum Gasteiger partial charge on any atom is -0.463 e. The van der Waals surface area contributed by atoms with Gasteiger partial charge in [0.05, 0.1) is 29.6 Å². The van der Waals surface area contributed by atoms with Gasteiger partial charge in [0.25, 0.3) is 0 Å². The summed E-state index contributed by atoms with van der Waals surface area (Å²) < 4.78 is 15.9. The van der Waals surface area contributed by atoms with Crippen LogP contribution < -0.4 is 10.6 Å². The average Bonchev–Trinajstić information content (AvgIpc) is 3.14. The first-order valence-corrected chi connectivity index (χ1v) is 9.99. The van der Waals surface area contributed by atoms with Crippen LogP contribution in [0.5, 0.6) is 0 Å². The van der Waals surface area contributed by atoms with Gasteiger partial charge < -0.3 is 24.6 Å². The fourth-order valence-electron chi connectivity index (χ4n) is 3.32. The predicted molar refractivity (Wildman–Crippen MR) is 110 cm³/mol. The summed E-state index contributed by atoms with van der Waals surface area (Å²) in [4.78, 5) is 37.8. The van der Waals surface area contributed by atoms with E-state index in [9.17, 15) is 14.4 Å². The number of benzene rings is 1. The van der Waals surface area contributed by atoms with Gasteiger partial charge in [0.2, 0.25) is 0 Å². The summed E-state index contributed by atoms with van der Waals surface area (Å²) in [7, 11) is 0. The Morgan fingerprint density at radius 1 is 1.16 bits per heavy atom. The standard InChI is InChI=1S/C22H25N3O6/c1-5-29-21(27)17-15(23-22(28)24-18(17)14-9-7-6-8-10-14)11-30-20(26)16-13(4)25-31-19(16)12(2)3/h6-10,12,18H,5,11H2,1-4H3,(H2,23,24,28)/t18-/m1/s1. The fraction of sp³-hybridized carbons (Fsp3) is 0.364. The van der Waals surface area contributed by atoms with Gasteiger partial charge >= 0.3 is 18.0 Å². The van der Waals surface area contributed by atoms with Crippen molar-refractivity contribution in [2.24, 2.45) is 0 Å². The second-order valence-corrected chi connectivity index (χ2v) is 7.29. The van der Waals surface area contributed by atoms with E-state index in [1.165, 1.54) is 0 Å². The zero-order valence-corrected chi connectivity index (χ0v) is 17.9. The molecule has 1 aliphatic rings. The Hall–Kier alpha value is -3.62. The van der Waals surface area contributed by atoms with Gasteiger partial charge in [-0.1, -0.05) is 49.3 Å². The van der Waals surface area contributed by atoms with Crippen molar-refractivity contribution >= 4 is 18.0 Å². The van der Waals surface area contributed by atoms with Gasteiger partial charge in [0.15, 0.2) is 5.76 Å². The number of esters is 2. The van der Waals surface area contributed by atoms with Crippen LogP contribution in [0.4, 0.5) is 4.79 Å². The number of carbonyl (C=O) groups excluding carboxylic acids is 3. The summed E-state index contributed by atoms with van der Waals surface area (Å²) in [6, 6.07) is 7.74.